The Morgan fingerprint density at radius 3 is 2.55 bits per heavy atom. The van der Waals surface area contributed by atoms with E-state index in [0.29, 0.717) is 6.42 Å². The first-order valence-corrected chi connectivity index (χ1v) is 6.34. The lowest BCUT2D eigenvalue weighted by Crippen LogP contribution is -1.91. The highest BCUT2D eigenvalue weighted by atomic mass is 16.5. The fourth-order valence-electron chi connectivity index (χ4n) is 2.11. The van der Waals surface area contributed by atoms with Crippen molar-refractivity contribution in [3.63, 3.8) is 0 Å². The maximum absolute atomic E-state index is 9.82. The van der Waals surface area contributed by atoms with Crippen molar-refractivity contribution < 1.29 is 14.6 Å². The molecule has 0 fully saturated rings. The first kappa shape index (κ1) is 14.0. The second-order valence-electron chi connectivity index (χ2n) is 4.40. The Morgan fingerprint density at radius 1 is 1.10 bits per heavy atom. The van der Waals surface area contributed by atoms with Crippen LogP contribution in [-0.2, 0) is 6.42 Å². The number of methoxy groups -OCH3 is 2. The molecule has 0 aliphatic rings. The van der Waals surface area contributed by atoms with Crippen LogP contribution >= 0.6 is 0 Å². The molecule has 2 aromatic carbocycles. The second kappa shape index (κ2) is 6.15. The molecule has 0 heterocycles. The van der Waals surface area contributed by atoms with Crippen LogP contribution in [0.1, 0.15) is 5.56 Å². The maximum Gasteiger partial charge on any atom is 0.130 e. The lowest BCUT2D eigenvalue weighted by Gasteiger charge is -2.12. The molecule has 0 atom stereocenters. The predicted octanol–water partition coefficient (Wildman–Crippen LogP) is 3.80. The molecule has 20 heavy (non-hydrogen) atoms. The Kier molecular flexibility index (Phi) is 4.31. The summed E-state index contributed by atoms with van der Waals surface area (Å²) in [5.41, 5.74) is 2.79. The standard InChI is InChI=1S/C17H18O3/c1-4-5-13-10-12(6-9-16(13)18)15-8-7-14(19-2)11-17(15)20-3/h4,6-11,18H,1,5H2,2-3H3. The normalized spacial score (nSPS) is 10.1. The van der Waals surface area contributed by atoms with Crippen LogP contribution < -0.4 is 9.47 Å². The fourth-order valence-corrected chi connectivity index (χ4v) is 2.11. The van der Waals surface area contributed by atoms with Gasteiger partial charge in [-0.15, -0.1) is 6.58 Å². The van der Waals surface area contributed by atoms with Gasteiger partial charge in [-0.05, 0) is 41.8 Å². The van der Waals surface area contributed by atoms with Gasteiger partial charge in [-0.2, -0.15) is 0 Å². The molecule has 0 aliphatic heterocycles. The predicted molar refractivity (Wildman–Crippen MR) is 80.5 cm³/mol. The number of allylic oxidation sites excluding steroid dienone is 1. The molecule has 0 saturated heterocycles. The van der Waals surface area contributed by atoms with Gasteiger partial charge >= 0.3 is 0 Å². The molecule has 3 nitrogen and oxygen atoms in total. The Hall–Kier alpha value is -2.42. The van der Waals surface area contributed by atoms with Crippen molar-refractivity contribution in [2.45, 2.75) is 6.42 Å². The largest absolute Gasteiger partial charge is 0.508 e. The van der Waals surface area contributed by atoms with Gasteiger partial charge in [0.2, 0.25) is 0 Å². The number of ether oxygens (including phenoxy) is 2. The Balaban J connectivity index is 2.50. The molecule has 0 saturated carbocycles. The van der Waals surface area contributed by atoms with E-state index in [-0.39, 0.29) is 5.75 Å². The van der Waals surface area contributed by atoms with E-state index < -0.39 is 0 Å². The molecule has 0 bridgehead atoms. The smallest absolute Gasteiger partial charge is 0.130 e. The molecule has 2 aromatic rings. The summed E-state index contributed by atoms with van der Waals surface area (Å²) in [4.78, 5) is 0. The molecule has 0 unspecified atom stereocenters. The van der Waals surface area contributed by atoms with Gasteiger partial charge in [0.15, 0.2) is 0 Å². The van der Waals surface area contributed by atoms with E-state index in [9.17, 15) is 5.11 Å². The van der Waals surface area contributed by atoms with Gasteiger partial charge in [-0.1, -0.05) is 12.1 Å². The molecular weight excluding hydrogens is 252 g/mol. The lowest BCUT2D eigenvalue weighted by atomic mass is 10.00. The van der Waals surface area contributed by atoms with Crippen molar-refractivity contribution in [1.29, 1.82) is 0 Å². The zero-order valence-electron chi connectivity index (χ0n) is 11.7. The van der Waals surface area contributed by atoms with Gasteiger partial charge in [0.25, 0.3) is 0 Å². The van der Waals surface area contributed by atoms with Crippen LogP contribution in [0.15, 0.2) is 49.1 Å². The third-order valence-electron chi connectivity index (χ3n) is 3.16. The van der Waals surface area contributed by atoms with Crippen LogP contribution in [-0.4, -0.2) is 19.3 Å². The minimum Gasteiger partial charge on any atom is -0.508 e. The minimum absolute atomic E-state index is 0.279. The molecule has 0 amide bonds. The molecule has 1 N–H and O–H groups in total. The summed E-state index contributed by atoms with van der Waals surface area (Å²) in [6.45, 7) is 3.70. The van der Waals surface area contributed by atoms with Crippen LogP contribution in [0.3, 0.4) is 0 Å². The number of rotatable bonds is 5. The summed E-state index contributed by atoms with van der Waals surface area (Å²) >= 11 is 0. The highest BCUT2D eigenvalue weighted by Crippen LogP contribution is 2.35. The fraction of sp³-hybridized carbons (Fsp3) is 0.176. The first-order valence-electron chi connectivity index (χ1n) is 6.34. The Morgan fingerprint density at radius 2 is 1.90 bits per heavy atom. The molecule has 0 aliphatic carbocycles. The lowest BCUT2D eigenvalue weighted by molar-refractivity contribution is 0.395. The Labute approximate surface area is 119 Å². The van der Waals surface area contributed by atoms with E-state index in [0.717, 1.165) is 28.2 Å². The van der Waals surface area contributed by atoms with Crippen molar-refractivity contribution >= 4 is 0 Å². The molecule has 3 heteroatoms. The number of benzene rings is 2. The zero-order valence-corrected chi connectivity index (χ0v) is 11.7. The SMILES string of the molecule is C=CCc1cc(-c2ccc(OC)cc2OC)ccc1O. The Bertz CT molecular complexity index is 618. The van der Waals surface area contributed by atoms with E-state index in [1.165, 1.54) is 0 Å². The van der Waals surface area contributed by atoms with Crippen molar-refractivity contribution in [2.24, 2.45) is 0 Å². The summed E-state index contributed by atoms with van der Waals surface area (Å²) in [6.07, 6.45) is 2.39. The van der Waals surface area contributed by atoms with Crippen LogP contribution in [0.25, 0.3) is 11.1 Å². The summed E-state index contributed by atoms with van der Waals surface area (Å²) in [5.74, 6) is 1.76. The molecule has 2 rings (SSSR count). The van der Waals surface area contributed by atoms with Gasteiger partial charge < -0.3 is 14.6 Å². The van der Waals surface area contributed by atoms with Gasteiger partial charge in [0, 0.05) is 11.6 Å². The van der Waals surface area contributed by atoms with Crippen LogP contribution in [0.2, 0.25) is 0 Å². The van der Waals surface area contributed by atoms with Gasteiger partial charge in [-0.3, -0.25) is 0 Å². The van der Waals surface area contributed by atoms with Crippen LogP contribution in [0.4, 0.5) is 0 Å². The number of phenolic OH excluding ortho intramolecular Hbond substituents is 1. The summed E-state index contributed by atoms with van der Waals surface area (Å²) in [5, 5.41) is 9.82. The number of hydrogen-bond donors (Lipinski definition) is 1. The molecule has 104 valence electrons. The number of hydrogen-bond acceptors (Lipinski definition) is 3. The first-order chi connectivity index (χ1) is 9.69. The number of phenols is 1. The van der Waals surface area contributed by atoms with Gasteiger partial charge in [0.05, 0.1) is 14.2 Å². The molecular formula is C17H18O3. The number of aromatic hydroxyl groups is 1. The topological polar surface area (TPSA) is 38.7 Å². The van der Waals surface area contributed by atoms with E-state index in [1.807, 2.05) is 30.3 Å². The summed E-state index contributed by atoms with van der Waals surface area (Å²) < 4.78 is 10.6. The highest BCUT2D eigenvalue weighted by Gasteiger charge is 2.09. The highest BCUT2D eigenvalue weighted by molar-refractivity contribution is 5.73. The van der Waals surface area contributed by atoms with Crippen molar-refractivity contribution in [3.8, 4) is 28.4 Å². The summed E-state index contributed by atoms with van der Waals surface area (Å²) in [6, 6.07) is 11.2. The van der Waals surface area contributed by atoms with Crippen molar-refractivity contribution in [1.82, 2.24) is 0 Å². The maximum atomic E-state index is 9.82. The van der Waals surface area contributed by atoms with E-state index in [4.69, 9.17) is 9.47 Å². The quantitative estimate of drug-likeness (QED) is 0.840. The van der Waals surface area contributed by atoms with E-state index in [1.54, 1.807) is 26.4 Å². The van der Waals surface area contributed by atoms with Crippen molar-refractivity contribution in [3.05, 3.63) is 54.6 Å². The average molecular weight is 270 g/mol. The second-order valence-corrected chi connectivity index (χ2v) is 4.40. The third kappa shape index (κ3) is 2.77. The van der Waals surface area contributed by atoms with Crippen LogP contribution in [0, 0.1) is 0 Å². The zero-order chi connectivity index (χ0) is 14.5. The average Bonchev–Trinajstić information content (AvgIpc) is 2.49. The molecule has 0 aromatic heterocycles. The third-order valence-corrected chi connectivity index (χ3v) is 3.16. The molecule has 0 spiro atoms. The summed E-state index contributed by atoms with van der Waals surface area (Å²) in [7, 11) is 3.25. The minimum atomic E-state index is 0.279. The monoisotopic (exact) mass is 270 g/mol. The van der Waals surface area contributed by atoms with Crippen LogP contribution in [0.5, 0.6) is 17.2 Å². The van der Waals surface area contributed by atoms with Gasteiger partial charge in [0.1, 0.15) is 17.2 Å². The van der Waals surface area contributed by atoms with Crippen molar-refractivity contribution in [2.75, 3.05) is 14.2 Å². The molecule has 0 radical (unpaired) electrons. The van der Waals surface area contributed by atoms with E-state index in [2.05, 4.69) is 6.58 Å². The van der Waals surface area contributed by atoms with E-state index >= 15 is 0 Å². The van der Waals surface area contributed by atoms with Gasteiger partial charge in [-0.25, -0.2) is 0 Å².